The lowest BCUT2D eigenvalue weighted by atomic mass is 10.3. The third kappa shape index (κ3) is 2.91. The summed E-state index contributed by atoms with van der Waals surface area (Å²) in [4.78, 5) is 16.1. The van der Waals surface area contributed by atoms with Crippen LogP contribution in [0.2, 0.25) is 0 Å². The topological polar surface area (TPSA) is 39.2 Å². The minimum atomic E-state index is -0.300. The maximum Gasteiger partial charge on any atom is 0.339 e. The zero-order valence-electron chi connectivity index (χ0n) is 9.74. The molecule has 0 aliphatic rings. The SMILES string of the molecule is O=C(OCc1csc(-c2ccsc2)n1)c1ccsc1. The second kappa shape index (κ2) is 5.64. The van der Waals surface area contributed by atoms with Gasteiger partial charge in [-0.05, 0) is 22.9 Å². The molecule has 0 amide bonds. The number of nitrogens with zero attached hydrogens (tertiary/aromatic N) is 1. The third-order valence-electron chi connectivity index (χ3n) is 2.43. The number of esters is 1. The van der Waals surface area contributed by atoms with Gasteiger partial charge in [0, 0.05) is 21.7 Å². The van der Waals surface area contributed by atoms with Crippen LogP contribution >= 0.6 is 34.0 Å². The van der Waals surface area contributed by atoms with E-state index in [1.807, 2.05) is 22.2 Å². The highest BCUT2D eigenvalue weighted by atomic mass is 32.1. The molecule has 19 heavy (non-hydrogen) atoms. The van der Waals surface area contributed by atoms with E-state index in [-0.39, 0.29) is 12.6 Å². The van der Waals surface area contributed by atoms with Crippen LogP contribution < -0.4 is 0 Å². The van der Waals surface area contributed by atoms with Crippen molar-refractivity contribution < 1.29 is 9.53 Å². The highest BCUT2D eigenvalue weighted by Gasteiger charge is 2.10. The van der Waals surface area contributed by atoms with E-state index in [0.717, 1.165) is 16.3 Å². The zero-order valence-corrected chi connectivity index (χ0v) is 12.2. The Bertz CT molecular complexity index is 656. The molecule has 0 saturated heterocycles. The number of hydrogen-bond acceptors (Lipinski definition) is 6. The highest BCUT2D eigenvalue weighted by molar-refractivity contribution is 7.14. The van der Waals surface area contributed by atoms with Gasteiger partial charge in [0.05, 0.1) is 11.3 Å². The number of thiazole rings is 1. The van der Waals surface area contributed by atoms with E-state index in [9.17, 15) is 4.79 Å². The first kappa shape index (κ1) is 12.5. The Morgan fingerprint density at radius 2 is 2.00 bits per heavy atom. The summed E-state index contributed by atoms with van der Waals surface area (Å²) in [7, 11) is 0. The first-order valence-corrected chi connectivity index (χ1v) is 8.26. The quantitative estimate of drug-likeness (QED) is 0.675. The van der Waals surface area contributed by atoms with Crippen molar-refractivity contribution in [3.05, 3.63) is 50.3 Å². The zero-order chi connectivity index (χ0) is 13.1. The number of carbonyl (C=O) groups excluding carboxylic acids is 1. The van der Waals surface area contributed by atoms with E-state index >= 15 is 0 Å². The maximum absolute atomic E-state index is 11.7. The number of rotatable bonds is 4. The second-order valence-electron chi connectivity index (χ2n) is 3.74. The van der Waals surface area contributed by atoms with Gasteiger partial charge in [-0.2, -0.15) is 22.7 Å². The molecule has 0 aliphatic heterocycles. The minimum absolute atomic E-state index is 0.218. The summed E-state index contributed by atoms with van der Waals surface area (Å²) in [5.74, 6) is -0.300. The van der Waals surface area contributed by atoms with Gasteiger partial charge in [-0.25, -0.2) is 9.78 Å². The molecule has 0 saturated carbocycles. The Morgan fingerprint density at radius 1 is 1.16 bits per heavy atom. The van der Waals surface area contributed by atoms with Crippen LogP contribution in [0.25, 0.3) is 10.6 Å². The predicted molar refractivity (Wildman–Crippen MR) is 78.9 cm³/mol. The van der Waals surface area contributed by atoms with Crippen LogP contribution in [0.5, 0.6) is 0 Å². The van der Waals surface area contributed by atoms with Crippen molar-refractivity contribution >= 4 is 40.0 Å². The van der Waals surface area contributed by atoms with E-state index < -0.39 is 0 Å². The Balaban J connectivity index is 1.63. The average Bonchev–Trinajstić information content (AvgIpc) is 3.14. The van der Waals surface area contributed by atoms with Gasteiger partial charge in [0.15, 0.2) is 0 Å². The van der Waals surface area contributed by atoms with E-state index in [1.165, 1.54) is 11.3 Å². The lowest BCUT2D eigenvalue weighted by molar-refractivity contribution is 0.0469. The minimum Gasteiger partial charge on any atom is -0.456 e. The molecular weight excluding hydrogens is 298 g/mol. The van der Waals surface area contributed by atoms with E-state index in [0.29, 0.717) is 5.56 Å². The number of ether oxygens (including phenoxy) is 1. The molecule has 3 nitrogen and oxygen atoms in total. The summed E-state index contributed by atoms with van der Waals surface area (Å²) in [6, 6.07) is 3.79. The van der Waals surface area contributed by atoms with Gasteiger partial charge in [-0.15, -0.1) is 11.3 Å². The molecule has 0 bridgehead atoms. The number of thiophene rings is 2. The van der Waals surface area contributed by atoms with Gasteiger partial charge in [0.1, 0.15) is 11.6 Å². The summed E-state index contributed by atoms with van der Waals surface area (Å²) in [6.45, 7) is 0.218. The van der Waals surface area contributed by atoms with Crippen LogP contribution in [0.15, 0.2) is 39.0 Å². The molecule has 0 atom stereocenters. The normalized spacial score (nSPS) is 10.5. The van der Waals surface area contributed by atoms with Crippen LogP contribution in [0.3, 0.4) is 0 Å². The molecule has 0 aliphatic carbocycles. The average molecular weight is 307 g/mol. The molecule has 3 rings (SSSR count). The van der Waals surface area contributed by atoms with Crippen molar-refractivity contribution in [3.8, 4) is 10.6 Å². The molecule has 96 valence electrons. The number of hydrogen-bond donors (Lipinski definition) is 0. The number of aromatic nitrogens is 1. The standard InChI is InChI=1S/C13H9NO2S3/c15-13(10-2-4-18-7-10)16-5-11-8-19-12(14-11)9-1-3-17-6-9/h1-4,6-8H,5H2. The van der Waals surface area contributed by atoms with Crippen molar-refractivity contribution in [2.75, 3.05) is 0 Å². The smallest absolute Gasteiger partial charge is 0.339 e. The fourth-order valence-corrected chi connectivity index (χ4v) is 3.64. The van der Waals surface area contributed by atoms with Crippen molar-refractivity contribution in [1.82, 2.24) is 4.98 Å². The summed E-state index contributed by atoms with van der Waals surface area (Å²) in [6.07, 6.45) is 0. The second-order valence-corrected chi connectivity index (χ2v) is 6.16. The summed E-state index contributed by atoms with van der Waals surface area (Å²) < 4.78 is 5.22. The molecule has 0 unspecified atom stereocenters. The lowest BCUT2D eigenvalue weighted by Gasteiger charge is -2.00. The van der Waals surface area contributed by atoms with Crippen molar-refractivity contribution in [1.29, 1.82) is 0 Å². The van der Waals surface area contributed by atoms with E-state index in [2.05, 4.69) is 10.4 Å². The first-order chi connectivity index (χ1) is 9.33. The van der Waals surface area contributed by atoms with Gasteiger partial charge in [0.2, 0.25) is 0 Å². The van der Waals surface area contributed by atoms with Gasteiger partial charge in [-0.1, -0.05) is 0 Å². The monoisotopic (exact) mass is 307 g/mol. The Hall–Kier alpha value is -1.50. The number of carbonyl (C=O) groups is 1. The predicted octanol–water partition coefficient (Wildman–Crippen LogP) is 4.29. The molecule has 3 aromatic rings. The van der Waals surface area contributed by atoms with Crippen LogP contribution in [0.1, 0.15) is 16.1 Å². The maximum atomic E-state index is 11.7. The molecular formula is C13H9NO2S3. The Labute approximate surface area is 122 Å². The first-order valence-electron chi connectivity index (χ1n) is 5.49. The molecule has 0 N–H and O–H groups in total. The van der Waals surface area contributed by atoms with Crippen molar-refractivity contribution in [2.45, 2.75) is 6.61 Å². The Morgan fingerprint density at radius 3 is 2.74 bits per heavy atom. The summed E-state index contributed by atoms with van der Waals surface area (Å²) in [5.41, 5.74) is 2.50. The molecule has 3 heterocycles. The van der Waals surface area contributed by atoms with Gasteiger partial charge in [0.25, 0.3) is 0 Å². The molecule has 3 aromatic heterocycles. The Kier molecular flexibility index (Phi) is 3.72. The van der Waals surface area contributed by atoms with E-state index in [4.69, 9.17) is 4.74 Å². The fraction of sp³-hybridized carbons (Fsp3) is 0.0769. The largest absolute Gasteiger partial charge is 0.456 e. The summed E-state index contributed by atoms with van der Waals surface area (Å²) in [5, 5.41) is 10.6. The van der Waals surface area contributed by atoms with Crippen LogP contribution in [-0.2, 0) is 11.3 Å². The fourth-order valence-electron chi connectivity index (χ4n) is 1.50. The molecule has 0 fully saturated rings. The van der Waals surface area contributed by atoms with Crippen LogP contribution in [-0.4, -0.2) is 11.0 Å². The van der Waals surface area contributed by atoms with Crippen molar-refractivity contribution in [2.24, 2.45) is 0 Å². The van der Waals surface area contributed by atoms with E-state index in [1.54, 1.807) is 34.1 Å². The lowest BCUT2D eigenvalue weighted by Crippen LogP contribution is -2.03. The van der Waals surface area contributed by atoms with Gasteiger partial charge >= 0.3 is 5.97 Å². The molecule has 6 heteroatoms. The van der Waals surface area contributed by atoms with Gasteiger partial charge < -0.3 is 4.74 Å². The highest BCUT2D eigenvalue weighted by Crippen LogP contribution is 2.26. The third-order valence-corrected chi connectivity index (χ3v) is 4.73. The van der Waals surface area contributed by atoms with Crippen LogP contribution in [0.4, 0.5) is 0 Å². The molecule has 0 radical (unpaired) electrons. The summed E-state index contributed by atoms with van der Waals surface area (Å²) >= 11 is 4.68. The molecule has 0 aromatic carbocycles. The molecule has 0 spiro atoms. The van der Waals surface area contributed by atoms with Crippen LogP contribution in [0, 0.1) is 0 Å². The van der Waals surface area contributed by atoms with Crippen molar-refractivity contribution in [3.63, 3.8) is 0 Å². The van der Waals surface area contributed by atoms with Gasteiger partial charge in [-0.3, -0.25) is 0 Å².